The molecule has 144 valence electrons. The predicted molar refractivity (Wildman–Crippen MR) is 102 cm³/mol. The number of hydrogen-bond donors (Lipinski definition) is 0. The molecule has 2 rings (SSSR count). The minimum Gasteiger partial charge on any atom is -0.370 e. The Kier molecular flexibility index (Phi) is 9.81. The summed E-state index contributed by atoms with van der Waals surface area (Å²) >= 11 is 0. The normalized spacial score (nSPS) is 11.6. The van der Waals surface area contributed by atoms with Crippen LogP contribution in [-0.4, -0.2) is 37.7 Å². The molecule has 0 saturated heterocycles. The Bertz CT molecular complexity index is 593. The molecule has 0 amide bonds. The van der Waals surface area contributed by atoms with Crippen LogP contribution in [0.1, 0.15) is 20.8 Å². The molecule has 0 aliphatic carbocycles. The second-order valence-corrected chi connectivity index (χ2v) is 9.21. The Morgan fingerprint density at radius 2 is 0.962 bits per heavy atom. The molecule has 0 unspecified atom stereocenters. The van der Waals surface area contributed by atoms with Crippen LogP contribution in [-0.2, 0) is 13.3 Å². The number of rotatable bonds is 8. The van der Waals surface area contributed by atoms with Crippen molar-refractivity contribution in [2.45, 2.75) is 20.8 Å². The standard InChI is InChI=1S/C12H20O3Si.C6H5F3Si/c1-4-13-16(14-5-2,15-6-3)12-10-8-7-9-11-12;7-10(8,9)6-4-2-1-3-5-6/h7-11H,4-6H2,1-3H3;1-5H. The highest BCUT2D eigenvalue weighted by Gasteiger charge is 2.42. The molecule has 0 atom stereocenters. The first-order chi connectivity index (χ1) is 12.4. The van der Waals surface area contributed by atoms with Crippen LogP contribution >= 0.6 is 0 Å². The lowest BCUT2D eigenvalue weighted by Gasteiger charge is -2.28. The van der Waals surface area contributed by atoms with Crippen LogP contribution in [0.4, 0.5) is 12.3 Å². The van der Waals surface area contributed by atoms with Crippen LogP contribution < -0.4 is 10.4 Å². The number of benzene rings is 2. The van der Waals surface area contributed by atoms with E-state index in [1.807, 2.05) is 51.1 Å². The molecule has 0 aliphatic heterocycles. The summed E-state index contributed by atoms with van der Waals surface area (Å²) in [6.07, 6.45) is 0. The van der Waals surface area contributed by atoms with E-state index < -0.39 is 23.1 Å². The minimum absolute atomic E-state index is 0.463. The summed E-state index contributed by atoms with van der Waals surface area (Å²) < 4.78 is 53.2. The monoisotopic (exact) mass is 402 g/mol. The van der Waals surface area contributed by atoms with Gasteiger partial charge in [0.05, 0.1) is 0 Å². The molecule has 0 radical (unpaired) electrons. The molecular weight excluding hydrogens is 377 g/mol. The summed E-state index contributed by atoms with van der Waals surface area (Å²) in [7, 11) is -8.20. The molecule has 2 aromatic rings. The van der Waals surface area contributed by atoms with Crippen LogP contribution in [0.2, 0.25) is 0 Å². The van der Waals surface area contributed by atoms with E-state index >= 15 is 0 Å². The van der Waals surface area contributed by atoms with Gasteiger partial charge in [-0.1, -0.05) is 60.7 Å². The highest BCUT2D eigenvalue weighted by molar-refractivity contribution is 6.75. The van der Waals surface area contributed by atoms with E-state index in [1.165, 1.54) is 12.1 Å². The van der Waals surface area contributed by atoms with Gasteiger partial charge in [-0.15, -0.1) is 0 Å². The van der Waals surface area contributed by atoms with E-state index in [-0.39, 0.29) is 0 Å². The van der Waals surface area contributed by atoms with Crippen LogP contribution in [0.15, 0.2) is 60.7 Å². The average Bonchev–Trinajstić information content (AvgIpc) is 2.64. The second kappa shape index (κ2) is 11.3. The Labute approximate surface area is 155 Å². The first-order valence-electron chi connectivity index (χ1n) is 8.49. The molecule has 0 aromatic heterocycles. The first-order valence-corrected chi connectivity index (χ1v) is 11.8. The molecule has 2 aromatic carbocycles. The van der Waals surface area contributed by atoms with E-state index in [0.717, 1.165) is 17.3 Å². The number of hydrogen-bond acceptors (Lipinski definition) is 3. The fourth-order valence-corrected chi connectivity index (χ4v) is 5.28. The molecule has 26 heavy (non-hydrogen) atoms. The maximum absolute atomic E-state index is 11.9. The fraction of sp³-hybridized carbons (Fsp3) is 0.333. The maximum atomic E-state index is 11.9. The third kappa shape index (κ3) is 7.04. The van der Waals surface area contributed by atoms with Gasteiger partial charge in [0.2, 0.25) is 0 Å². The lowest BCUT2D eigenvalue weighted by molar-refractivity contribution is 0.0859. The third-order valence-corrected chi connectivity index (χ3v) is 7.27. The molecule has 3 nitrogen and oxygen atoms in total. The molecule has 0 saturated carbocycles. The van der Waals surface area contributed by atoms with E-state index in [1.54, 1.807) is 6.07 Å². The van der Waals surface area contributed by atoms with Gasteiger partial charge in [-0.3, -0.25) is 0 Å². The van der Waals surface area contributed by atoms with Gasteiger partial charge in [0, 0.05) is 30.2 Å². The molecule has 0 fully saturated rings. The summed E-state index contributed by atoms with van der Waals surface area (Å²) in [5.74, 6) is 0. The third-order valence-electron chi connectivity index (χ3n) is 3.23. The summed E-state index contributed by atoms with van der Waals surface area (Å²) in [6, 6.07) is 16.5. The van der Waals surface area contributed by atoms with Gasteiger partial charge in [0.1, 0.15) is 0 Å². The zero-order valence-corrected chi connectivity index (χ0v) is 17.3. The van der Waals surface area contributed by atoms with Crippen molar-refractivity contribution in [3.05, 3.63) is 60.7 Å². The van der Waals surface area contributed by atoms with Gasteiger partial charge in [-0.2, -0.15) is 0 Å². The van der Waals surface area contributed by atoms with Crippen molar-refractivity contribution < 1.29 is 25.6 Å². The van der Waals surface area contributed by atoms with Crippen molar-refractivity contribution >= 4 is 28.3 Å². The van der Waals surface area contributed by atoms with Gasteiger partial charge in [-0.25, -0.2) is 12.3 Å². The molecule has 0 heterocycles. The van der Waals surface area contributed by atoms with Crippen molar-refractivity contribution in [2.24, 2.45) is 0 Å². The average molecular weight is 403 g/mol. The Morgan fingerprint density at radius 3 is 1.23 bits per heavy atom. The van der Waals surface area contributed by atoms with Gasteiger partial charge >= 0.3 is 17.9 Å². The lowest BCUT2D eigenvalue weighted by atomic mass is 10.4. The molecule has 0 bridgehead atoms. The largest absolute Gasteiger partial charge is 0.653 e. The van der Waals surface area contributed by atoms with Crippen LogP contribution in [0.25, 0.3) is 0 Å². The SMILES string of the molecule is CCO[Si](OCC)(OCC)c1ccccc1.F[Si](F)(F)c1ccccc1. The summed E-state index contributed by atoms with van der Waals surface area (Å²) in [5, 5.41) is 0.565. The maximum Gasteiger partial charge on any atom is 0.653 e. The quantitative estimate of drug-likeness (QED) is 0.498. The zero-order valence-electron chi connectivity index (χ0n) is 15.3. The summed E-state index contributed by atoms with van der Waals surface area (Å²) in [5.41, 5.74) is 0. The second-order valence-electron chi connectivity index (χ2n) is 5.09. The lowest BCUT2D eigenvalue weighted by Crippen LogP contribution is -2.56. The van der Waals surface area contributed by atoms with Crippen molar-refractivity contribution in [3.8, 4) is 0 Å². The van der Waals surface area contributed by atoms with Gasteiger partial charge < -0.3 is 13.3 Å². The van der Waals surface area contributed by atoms with E-state index in [2.05, 4.69) is 0 Å². The smallest absolute Gasteiger partial charge is 0.370 e. The number of halogens is 3. The molecule has 0 N–H and O–H groups in total. The van der Waals surface area contributed by atoms with Crippen molar-refractivity contribution in [1.82, 2.24) is 0 Å². The van der Waals surface area contributed by atoms with Crippen molar-refractivity contribution in [2.75, 3.05) is 19.8 Å². The highest BCUT2D eigenvalue weighted by Crippen LogP contribution is 2.10. The summed E-state index contributed by atoms with van der Waals surface area (Å²) in [4.78, 5) is 0. The van der Waals surface area contributed by atoms with Crippen molar-refractivity contribution in [1.29, 1.82) is 0 Å². The molecular formula is C18H25F3O3Si2. The predicted octanol–water partition coefficient (Wildman–Crippen LogP) is 3.68. The summed E-state index contributed by atoms with van der Waals surface area (Å²) in [6.45, 7) is 7.68. The van der Waals surface area contributed by atoms with Crippen LogP contribution in [0.3, 0.4) is 0 Å². The van der Waals surface area contributed by atoms with Crippen LogP contribution in [0, 0.1) is 0 Å². The highest BCUT2D eigenvalue weighted by atomic mass is 28.5. The first kappa shape index (κ1) is 22.6. The molecule has 0 aliphatic rings. The van der Waals surface area contributed by atoms with Crippen LogP contribution in [0.5, 0.6) is 0 Å². The van der Waals surface area contributed by atoms with E-state index in [9.17, 15) is 12.3 Å². The fourth-order valence-electron chi connectivity index (χ4n) is 2.21. The van der Waals surface area contributed by atoms with E-state index in [0.29, 0.717) is 19.8 Å². The van der Waals surface area contributed by atoms with Gasteiger partial charge in [-0.05, 0) is 20.8 Å². The van der Waals surface area contributed by atoms with Gasteiger partial charge in [0.15, 0.2) is 0 Å². The molecule has 0 spiro atoms. The topological polar surface area (TPSA) is 27.7 Å². The minimum atomic E-state index is -5.53. The Morgan fingerprint density at radius 1 is 0.615 bits per heavy atom. The molecule has 8 heteroatoms. The van der Waals surface area contributed by atoms with Gasteiger partial charge in [0.25, 0.3) is 0 Å². The van der Waals surface area contributed by atoms with Crippen molar-refractivity contribution in [3.63, 3.8) is 0 Å². The van der Waals surface area contributed by atoms with E-state index in [4.69, 9.17) is 13.3 Å². The Hall–Kier alpha value is -1.46. The Balaban J connectivity index is 0.000000289. The zero-order chi connectivity index (χ0) is 19.5.